The molecule has 4 heteroatoms. The zero-order valence-corrected chi connectivity index (χ0v) is 9.08. The average molecular weight is 225 g/mol. The molecule has 0 bridgehead atoms. The normalized spacial score (nSPS) is 10.6. The predicted molar refractivity (Wildman–Crippen MR) is 66.5 cm³/mol. The van der Waals surface area contributed by atoms with Crippen LogP contribution >= 0.6 is 0 Å². The molecule has 0 aliphatic rings. The topological polar surface area (TPSA) is 68.3 Å². The largest absolute Gasteiger partial charge is 0.366 e. The molecule has 1 heterocycles. The molecule has 0 radical (unpaired) electrons. The van der Waals surface area contributed by atoms with E-state index in [0.29, 0.717) is 11.3 Å². The van der Waals surface area contributed by atoms with Crippen LogP contribution in [0.2, 0.25) is 0 Å². The molecule has 2 N–H and O–H groups in total. The number of amides is 1. The molecule has 4 nitrogen and oxygen atoms in total. The van der Waals surface area contributed by atoms with E-state index in [1.807, 2.05) is 12.1 Å². The first-order valence-corrected chi connectivity index (χ1v) is 5.10. The minimum absolute atomic E-state index is 0.450. The minimum atomic E-state index is -0.455. The maximum atomic E-state index is 11.0. The highest BCUT2D eigenvalue weighted by atomic mass is 16.1. The first-order valence-electron chi connectivity index (χ1n) is 5.10. The number of rotatable bonds is 3. The summed E-state index contributed by atoms with van der Waals surface area (Å²) in [5.74, 6) is -0.455. The van der Waals surface area contributed by atoms with Gasteiger partial charge in [-0.25, -0.2) is 0 Å². The van der Waals surface area contributed by atoms with Gasteiger partial charge < -0.3 is 5.73 Å². The van der Waals surface area contributed by atoms with Gasteiger partial charge in [-0.3, -0.25) is 14.8 Å². The summed E-state index contributed by atoms with van der Waals surface area (Å²) < 4.78 is 0. The van der Waals surface area contributed by atoms with Crippen molar-refractivity contribution in [2.75, 3.05) is 0 Å². The lowest BCUT2D eigenvalue weighted by Crippen LogP contribution is -2.10. The highest BCUT2D eigenvalue weighted by Crippen LogP contribution is 2.13. The molecule has 0 saturated heterocycles. The fraction of sp³-hybridized carbons (Fsp3) is 0. The first-order chi connectivity index (χ1) is 8.25. The second-order valence-corrected chi connectivity index (χ2v) is 3.46. The van der Waals surface area contributed by atoms with Gasteiger partial charge in [0.2, 0.25) is 5.91 Å². The molecule has 0 fully saturated rings. The van der Waals surface area contributed by atoms with Crippen molar-refractivity contribution in [1.82, 2.24) is 4.98 Å². The van der Waals surface area contributed by atoms with E-state index in [2.05, 4.69) is 9.98 Å². The number of aliphatic imine (C=N–C) groups is 1. The van der Waals surface area contributed by atoms with Crippen molar-refractivity contribution in [3.05, 3.63) is 59.9 Å². The molecule has 84 valence electrons. The molecule has 1 aromatic heterocycles. The van der Waals surface area contributed by atoms with Crippen LogP contribution in [-0.4, -0.2) is 17.1 Å². The van der Waals surface area contributed by atoms with E-state index < -0.39 is 5.91 Å². The second-order valence-electron chi connectivity index (χ2n) is 3.46. The molecule has 1 amide bonds. The summed E-state index contributed by atoms with van der Waals surface area (Å²) in [7, 11) is 0. The molecule has 0 aliphatic heterocycles. The molecule has 0 aliphatic carbocycles. The number of hydrogen-bond acceptors (Lipinski definition) is 3. The number of aromatic nitrogens is 1. The summed E-state index contributed by atoms with van der Waals surface area (Å²) >= 11 is 0. The Morgan fingerprint density at radius 2 is 2.18 bits per heavy atom. The van der Waals surface area contributed by atoms with E-state index in [1.54, 1.807) is 42.9 Å². The third-order valence-electron chi connectivity index (χ3n) is 2.18. The van der Waals surface area contributed by atoms with Gasteiger partial charge >= 0.3 is 0 Å². The molecule has 0 spiro atoms. The number of carbonyl (C=O) groups excluding carboxylic acids is 1. The number of benzene rings is 1. The van der Waals surface area contributed by atoms with Crippen LogP contribution in [-0.2, 0) is 0 Å². The molecule has 17 heavy (non-hydrogen) atoms. The van der Waals surface area contributed by atoms with Crippen LogP contribution in [0.1, 0.15) is 15.9 Å². The van der Waals surface area contributed by atoms with Gasteiger partial charge in [-0.05, 0) is 24.3 Å². The van der Waals surface area contributed by atoms with Crippen molar-refractivity contribution in [1.29, 1.82) is 0 Å². The summed E-state index contributed by atoms with van der Waals surface area (Å²) in [5.41, 5.74) is 7.22. The van der Waals surface area contributed by atoms with Crippen LogP contribution in [0.4, 0.5) is 5.69 Å². The molecular weight excluding hydrogens is 214 g/mol. The summed E-state index contributed by atoms with van der Waals surface area (Å²) in [5, 5.41) is 0. The van der Waals surface area contributed by atoms with Crippen LogP contribution in [0.15, 0.2) is 53.8 Å². The SMILES string of the molecule is NC(=O)c1cccc(N=Cc2cccnc2)c1. The van der Waals surface area contributed by atoms with Crippen molar-refractivity contribution in [3.63, 3.8) is 0 Å². The monoisotopic (exact) mass is 225 g/mol. The van der Waals surface area contributed by atoms with Crippen LogP contribution in [0.3, 0.4) is 0 Å². The van der Waals surface area contributed by atoms with E-state index in [4.69, 9.17) is 5.73 Å². The third kappa shape index (κ3) is 2.98. The Morgan fingerprint density at radius 1 is 1.29 bits per heavy atom. The summed E-state index contributed by atoms with van der Waals surface area (Å²) in [6, 6.07) is 10.6. The number of nitrogens with zero attached hydrogens (tertiary/aromatic N) is 2. The number of hydrogen-bond donors (Lipinski definition) is 1. The average Bonchev–Trinajstić information content (AvgIpc) is 2.38. The number of primary amides is 1. The zero-order chi connectivity index (χ0) is 12.1. The van der Waals surface area contributed by atoms with Gasteiger partial charge in [0, 0.05) is 29.7 Å². The standard InChI is InChI=1S/C13H11N3O/c14-13(17)11-4-1-5-12(7-11)16-9-10-3-2-6-15-8-10/h1-9H,(H2,14,17). The van der Waals surface area contributed by atoms with Crippen LogP contribution < -0.4 is 5.73 Å². The van der Waals surface area contributed by atoms with Crippen molar-refractivity contribution in [2.24, 2.45) is 10.7 Å². The maximum Gasteiger partial charge on any atom is 0.248 e. The van der Waals surface area contributed by atoms with Crippen molar-refractivity contribution < 1.29 is 4.79 Å². The number of carbonyl (C=O) groups is 1. The summed E-state index contributed by atoms with van der Waals surface area (Å²) in [6.45, 7) is 0. The minimum Gasteiger partial charge on any atom is -0.366 e. The number of nitrogens with two attached hydrogens (primary N) is 1. The predicted octanol–water partition coefficient (Wildman–Crippen LogP) is 1.93. The molecular formula is C13H11N3O. The maximum absolute atomic E-state index is 11.0. The molecule has 2 aromatic rings. The van der Waals surface area contributed by atoms with Crippen molar-refractivity contribution in [2.45, 2.75) is 0 Å². The van der Waals surface area contributed by atoms with Gasteiger partial charge in [0.25, 0.3) is 0 Å². The Morgan fingerprint density at radius 3 is 2.88 bits per heavy atom. The highest BCUT2D eigenvalue weighted by molar-refractivity contribution is 5.93. The van der Waals surface area contributed by atoms with Crippen LogP contribution in [0.25, 0.3) is 0 Å². The van der Waals surface area contributed by atoms with Gasteiger partial charge in [-0.1, -0.05) is 12.1 Å². The van der Waals surface area contributed by atoms with Crippen LogP contribution in [0, 0.1) is 0 Å². The fourth-order valence-corrected chi connectivity index (χ4v) is 1.34. The third-order valence-corrected chi connectivity index (χ3v) is 2.18. The Bertz CT molecular complexity index is 550. The Balaban J connectivity index is 2.22. The summed E-state index contributed by atoms with van der Waals surface area (Å²) in [4.78, 5) is 19.2. The molecule has 0 unspecified atom stereocenters. The Kier molecular flexibility index (Phi) is 3.25. The fourth-order valence-electron chi connectivity index (χ4n) is 1.34. The van der Waals surface area contributed by atoms with Gasteiger partial charge in [-0.15, -0.1) is 0 Å². The molecule has 2 rings (SSSR count). The smallest absolute Gasteiger partial charge is 0.248 e. The summed E-state index contributed by atoms with van der Waals surface area (Å²) in [6.07, 6.45) is 5.10. The first kappa shape index (κ1) is 11.0. The van der Waals surface area contributed by atoms with Crippen LogP contribution in [0.5, 0.6) is 0 Å². The number of pyridine rings is 1. The Hall–Kier alpha value is -2.49. The second kappa shape index (κ2) is 5.03. The highest BCUT2D eigenvalue weighted by Gasteiger charge is 1.99. The molecule has 1 aromatic carbocycles. The molecule has 0 atom stereocenters. The van der Waals surface area contributed by atoms with Crippen molar-refractivity contribution >= 4 is 17.8 Å². The lowest BCUT2D eigenvalue weighted by Gasteiger charge is -1.97. The van der Waals surface area contributed by atoms with Gasteiger partial charge in [0.1, 0.15) is 0 Å². The van der Waals surface area contributed by atoms with E-state index in [9.17, 15) is 4.79 Å². The van der Waals surface area contributed by atoms with Gasteiger partial charge in [0.05, 0.1) is 5.69 Å². The van der Waals surface area contributed by atoms with Gasteiger partial charge in [0.15, 0.2) is 0 Å². The zero-order valence-electron chi connectivity index (χ0n) is 9.08. The van der Waals surface area contributed by atoms with E-state index in [0.717, 1.165) is 5.56 Å². The lowest BCUT2D eigenvalue weighted by molar-refractivity contribution is 0.100. The lowest BCUT2D eigenvalue weighted by atomic mass is 10.2. The van der Waals surface area contributed by atoms with E-state index in [-0.39, 0.29) is 0 Å². The van der Waals surface area contributed by atoms with Gasteiger partial charge in [-0.2, -0.15) is 0 Å². The quantitative estimate of drug-likeness (QED) is 0.811. The van der Waals surface area contributed by atoms with E-state index >= 15 is 0 Å². The van der Waals surface area contributed by atoms with E-state index in [1.165, 1.54) is 0 Å². The molecule has 0 saturated carbocycles. The Labute approximate surface area is 98.8 Å². The van der Waals surface area contributed by atoms with Crippen molar-refractivity contribution in [3.8, 4) is 0 Å².